The summed E-state index contributed by atoms with van der Waals surface area (Å²) in [4.78, 5) is 2.50. The lowest BCUT2D eigenvalue weighted by molar-refractivity contribution is 0.0693. The summed E-state index contributed by atoms with van der Waals surface area (Å²) in [5, 5.41) is 3.46. The molecule has 0 aromatic rings. The highest BCUT2D eigenvalue weighted by Gasteiger charge is 2.11. The Balaban J connectivity index is 3.33. The molecule has 0 fully saturated rings. The van der Waals surface area contributed by atoms with E-state index in [1.165, 1.54) is 0 Å². The van der Waals surface area contributed by atoms with Gasteiger partial charge < -0.3 is 14.8 Å². The zero-order chi connectivity index (χ0) is 13.8. The fourth-order valence-corrected chi connectivity index (χ4v) is 1.99. The third-order valence-corrected chi connectivity index (χ3v) is 2.95. The van der Waals surface area contributed by atoms with E-state index in [-0.39, 0.29) is 0 Å². The largest absolute Gasteiger partial charge is 0.382 e. The third kappa shape index (κ3) is 9.83. The van der Waals surface area contributed by atoms with Crippen LogP contribution in [-0.4, -0.2) is 63.5 Å². The van der Waals surface area contributed by atoms with Gasteiger partial charge in [0.05, 0.1) is 13.2 Å². The monoisotopic (exact) mass is 260 g/mol. The van der Waals surface area contributed by atoms with Gasteiger partial charge in [0.2, 0.25) is 0 Å². The summed E-state index contributed by atoms with van der Waals surface area (Å²) in [6, 6.07) is 1.23. The highest BCUT2D eigenvalue weighted by atomic mass is 16.5. The Morgan fingerprint density at radius 3 is 2.17 bits per heavy atom. The van der Waals surface area contributed by atoms with Crippen LogP contribution in [0, 0.1) is 0 Å². The summed E-state index contributed by atoms with van der Waals surface area (Å²) in [6.45, 7) is 14.4. The molecule has 0 atom stereocenters. The molecule has 4 nitrogen and oxygen atoms in total. The molecule has 0 aliphatic carbocycles. The van der Waals surface area contributed by atoms with E-state index in [0.29, 0.717) is 25.3 Å². The maximum Gasteiger partial charge on any atom is 0.0700 e. The second-order valence-corrected chi connectivity index (χ2v) is 5.13. The van der Waals surface area contributed by atoms with Crippen LogP contribution < -0.4 is 5.32 Å². The van der Waals surface area contributed by atoms with Crippen molar-refractivity contribution < 1.29 is 9.47 Å². The van der Waals surface area contributed by atoms with Crippen molar-refractivity contribution >= 4 is 0 Å². The van der Waals surface area contributed by atoms with Gasteiger partial charge in [-0.3, -0.25) is 4.90 Å². The highest BCUT2D eigenvalue weighted by Crippen LogP contribution is 2.03. The molecule has 0 aromatic carbocycles. The van der Waals surface area contributed by atoms with E-state index in [2.05, 4.69) is 37.9 Å². The Morgan fingerprint density at radius 2 is 1.61 bits per heavy atom. The molecule has 0 amide bonds. The SMILES string of the molecule is COCCOCCCNCCN(C(C)C)C(C)C. The molecule has 0 spiro atoms. The molecular formula is C14H32N2O2. The maximum absolute atomic E-state index is 5.40. The summed E-state index contributed by atoms with van der Waals surface area (Å²) in [7, 11) is 1.69. The van der Waals surface area contributed by atoms with Gasteiger partial charge in [0.25, 0.3) is 0 Å². The quantitative estimate of drug-likeness (QED) is 0.542. The molecule has 110 valence electrons. The molecule has 0 radical (unpaired) electrons. The number of hydrogen-bond donors (Lipinski definition) is 1. The average molecular weight is 260 g/mol. The van der Waals surface area contributed by atoms with Gasteiger partial charge >= 0.3 is 0 Å². The number of nitrogens with one attached hydrogen (secondary N) is 1. The standard InChI is InChI=1S/C14H32N2O2/c1-13(2)16(14(3)4)9-8-15-7-6-10-18-12-11-17-5/h13-15H,6-12H2,1-5H3. The van der Waals surface area contributed by atoms with Gasteiger partial charge in [-0.1, -0.05) is 0 Å². The van der Waals surface area contributed by atoms with Gasteiger partial charge in [-0.25, -0.2) is 0 Å². The van der Waals surface area contributed by atoms with Crippen LogP contribution in [0.2, 0.25) is 0 Å². The first-order valence-electron chi connectivity index (χ1n) is 7.12. The van der Waals surface area contributed by atoms with Crippen molar-refractivity contribution in [1.82, 2.24) is 10.2 Å². The second kappa shape index (κ2) is 11.9. The van der Waals surface area contributed by atoms with Crippen LogP contribution in [0.5, 0.6) is 0 Å². The fourth-order valence-electron chi connectivity index (χ4n) is 1.99. The minimum absolute atomic E-state index is 0.615. The van der Waals surface area contributed by atoms with Gasteiger partial charge in [-0.05, 0) is 40.7 Å². The number of ether oxygens (including phenoxy) is 2. The molecule has 1 N–H and O–H groups in total. The van der Waals surface area contributed by atoms with Gasteiger partial charge in [0.15, 0.2) is 0 Å². The van der Waals surface area contributed by atoms with Crippen molar-refractivity contribution in [3.8, 4) is 0 Å². The maximum atomic E-state index is 5.40. The van der Waals surface area contributed by atoms with Crippen LogP contribution in [0.3, 0.4) is 0 Å². The van der Waals surface area contributed by atoms with Crippen LogP contribution in [0.25, 0.3) is 0 Å². The van der Waals surface area contributed by atoms with E-state index in [0.717, 1.165) is 32.7 Å². The third-order valence-electron chi connectivity index (χ3n) is 2.95. The number of rotatable bonds is 12. The lowest BCUT2D eigenvalue weighted by Crippen LogP contribution is -2.41. The summed E-state index contributed by atoms with van der Waals surface area (Å²) in [5.41, 5.74) is 0. The Kier molecular flexibility index (Phi) is 11.8. The topological polar surface area (TPSA) is 33.7 Å². The number of methoxy groups -OCH3 is 1. The summed E-state index contributed by atoms with van der Waals surface area (Å²) >= 11 is 0. The summed E-state index contributed by atoms with van der Waals surface area (Å²) in [6.07, 6.45) is 1.06. The zero-order valence-corrected chi connectivity index (χ0v) is 12.9. The molecule has 0 rings (SSSR count). The molecule has 18 heavy (non-hydrogen) atoms. The smallest absolute Gasteiger partial charge is 0.0700 e. The molecule has 4 heteroatoms. The lowest BCUT2D eigenvalue weighted by atomic mass is 10.2. The molecule has 0 unspecified atom stereocenters. The van der Waals surface area contributed by atoms with Gasteiger partial charge in [-0.2, -0.15) is 0 Å². The first-order chi connectivity index (χ1) is 8.59. The first-order valence-corrected chi connectivity index (χ1v) is 7.12. The second-order valence-electron chi connectivity index (χ2n) is 5.13. The van der Waals surface area contributed by atoms with E-state index in [4.69, 9.17) is 9.47 Å². The lowest BCUT2D eigenvalue weighted by Gasteiger charge is -2.30. The van der Waals surface area contributed by atoms with Crippen LogP contribution in [0.4, 0.5) is 0 Å². The van der Waals surface area contributed by atoms with Crippen LogP contribution in [0.15, 0.2) is 0 Å². The minimum atomic E-state index is 0.615. The summed E-state index contributed by atoms with van der Waals surface area (Å²) in [5.74, 6) is 0. The van der Waals surface area contributed by atoms with Gasteiger partial charge in [0, 0.05) is 38.9 Å². The number of nitrogens with zero attached hydrogens (tertiary/aromatic N) is 1. The van der Waals surface area contributed by atoms with Crippen LogP contribution in [-0.2, 0) is 9.47 Å². The first kappa shape index (κ1) is 17.8. The van der Waals surface area contributed by atoms with Crippen molar-refractivity contribution in [2.45, 2.75) is 46.2 Å². The Morgan fingerprint density at radius 1 is 0.944 bits per heavy atom. The van der Waals surface area contributed by atoms with Crippen molar-refractivity contribution in [1.29, 1.82) is 0 Å². The van der Waals surface area contributed by atoms with Crippen molar-refractivity contribution in [3.05, 3.63) is 0 Å². The van der Waals surface area contributed by atoms with Crippen LogP contribution in [0.1, 0.15) is 34.1 Å². The highest BCUT2D eigenvalue weighted by molar-refractivity contribution is 4.68. The zero-order valence-electron chi connectivity index (χ0n) is 12.9. The summed E-state index contributed by atoms with van der Waals surface area (Å²) < 4.78 is 10.3. The van der Waals surface area contributed by atoms with Crippen LogP contribution >= 0.6 is 0 Å². The van der Waals surface area contributed by atoms with E-state index in [1.807, 2.05) is 0 Å². The molecular weight excluding hydrogens is 228 g/mol. The molecule has 0 aliphatic rings. The Bertz CT molecular complexity index is 167. The van der Waals surface area contributed by atoms with Crippen molar-refractivity contribution in [3.63, 3.8) is 0 Å². The normalized spacial score (nSPS) is 12.0. The predicted molar refractivity (Wildman–Crippen MR) is 77.2 cm³/mol. The fraction of sp³-hybridized carbons (Fsp3) is 1.00. The van der Waals surface area contributed by atoms with E-state index >= 15 is 0 Å². The molecule has 0 bridgehead atoms. The molecule has 0 aliphatic heterocycles. The minimum Gasteiger partial charge on any atom is -0.382 e. The van der Waals surface area contributed by atoms with E-state index in [1.54, 1.807) is 7.11 Å². The molecule has 0 saturated heterocycles. The Hall–Kier alpha value is -0.160. The van der Waals surface area contributed by atoms with E-state index in [9.17, 15) is 0 Å². The predicted octanol–water partition coefficient (Wildman–Crippen LogP) is 1.75. The van der Waals surface area contributed by atoms with Gasteiger partial charge in [-0.15, -0.1) is 0 Å². The number of hydrogen-bond acceptors (Lipinski definition) is 4. The van der Waals surface area contributed by atoms with Crippen molar-refractivity contribution in [2.75, 3.05) is 46.6 Å². The Labute approximate surface area is 113 Å². The molecule has 0 saturated carbocycles. The molecule has 0 aromatic heterocycles. The van der Waals surface area contributed by atoms with E-state index < -0.39 is 0 Å². The van der Waals surface area contributed by atoms with Gasteiger partial charge in [0.1, 0.15) is 0 Å². The van der Waals surface area contributed by atoms with Crippen molar-refractivity contribution in [2.24, 2.45) is 0 Å². The molecule has 0 heterocycles. The average Bonchev–Trinajstić information content (AvgIpc) is 2.30.